The normalized spacial score (nSPS) is 17.2. The van der Waals surface area contributed by atoms with E-state index in [1.54, 1.807) is 0 Å². The molecule has 0 aliphatic rings. The first kappa shape index (κ1) is 13.0. The highest BCUT2D eigenvalue weighted by Crippen LogP contribution is 2.25. The molecule has 0 saturated carbocycles. The van der Waals surface area contributed by atoms with Crippen LogP contribution in [0.2, 0.25) is 0 Å². The minimum Gasteiger partial charge on any atom is -0.390 e. The summed E-state index contributed by atoms with van der Waals surface area (Å²) in [6, 6.07) is 5.56. The molecule has 90 valence electrons. The van der Waals surface area contributed by atoms with Crippen LogP contribution in [-0.2, 0) is 0 Å². The third kappa shape index (κ3) is 2.74. The predicted octanol–water partition coefficient (Wildman–Crippen LogP) is 1.92. The van der Waals surface area contributed by atoms with Crippen molar-refractivity contribution in [3.8, 4) is 0 Å². The molecule has 0 amide bonds. The molecule has 1 aromatic carbocycles. The lowest BCUT2D eigenvalue weighted by Crippen LogP contribution is -2.36. The number of aliphatic hydroxyl groups is 2. The van der Waals surface area contributed by atoms with E-state index in [9.17, 15) is 18.3 Å². The van der Waals surface area contributed by atoms with Crippen LogP contribution in [0.4, 0.5) is 13.2 Å². The highest BCUT2D eigenvalue weighted by atomic mass is 19.3. The molecule has 16 heavy (non-hydrogen) atoms. The molecule has 0 fully saturated rings. The summed E-state index contributed by atoms with van der Waals surface area (Å²) in [4.78, 5) is 0. The monoisotopic (exact) mass is 234 g/mol. The number of hydrogen-bond acceptors (Lipinski definition) is 2. The molecular weight excluding hydrogens is 221 g/mol. The summed E-state index contributed by atoms with van der Waals surface area (Å²) in [7, 11) is 0. The van der Waals surface area contributed by atoms with Crippen LogP contribution in [0, 0.1) is 5.82 Å². The largest absolute Gasteiger partial charge is 0.390 e. The Morgan fingerprint density at radius 1 is 1.06 bits per heavy atom. The molecule has 1 unspecified atom stereocenters. The fourth-order valence-corrected chi connectivity index (χ4v) is 1.47. The molecule has 0 bridgehead atoms. The fraction of sp³-hybridized carbons (Fsp3) is 0.455. The first-order chi connectivity index (χ1) is 7.45. The first-order valence-corrected chi connectivity index (χ1v) is 4.84. The second-order valence-electron chi connectivity index (χ2n) is 3.63. The molecule has 0 aromatic heterocycles. The Kier molecular flexibility index (Phi) is 4.32. The van der Waals surface area contributed by atoms with E-state index in [2.05, 4.69) is 0 Å². The zero-order chi connectivity index (χ0) is 12.3. The van der Waals surface area contributed by atoms with Crippen molar-refractivity contribution < 1.29 is 23.4 Å². The minimum atomic E-state index is -3.05. The van der Waals surface area contributed by atoms with Crippen LogP contribution in [0.3, 0.4) is 0 Å². The van der Waals surface area contributed by atoms with Gasteiger partial charge in [0.15, 0.2) is 0 Å². The van der Waals surface area contributed by atoms with E-state index in [4.69, 9.17) is 5.11 Å². The standard InChI is InChI=1S/C11H13F3O2/c1-6(9(15)10(16)11(13)14)7-4-2-3-5-8(7)12/h2-6,9-11,15-16H,1H3/t6?,9-,10+/m1/s1. The van der Waals surface area contributed by atoms with Gasteiger partial charge in [0.1, 0.15) is 11.9 Å². The van der Waals surface area contributed by atoms with Gasteiger partial charge < -0.3 is 10.2 Å². The van der Waals surface area contributed by atoms with Crippen LogP contribution in [-0.4, -0.2) is 28.8 Å². The average Bonchev–Trinajstić information content (AvgIpc) is 2.26. The van der Waals surface area contributed by atoms with Crippen LogP contribution in [0.15, 0.2) is 24.3 Å². The Labute approximate surface area is 91.3 Å². The summed E-state index contributed by atoms with van der Waals surface area (Å²) in [5, 5.41) is 18.4. The minimum absolute atomic E-state index is 0.106. The number of aliphatic hydroxyl groups excluding tert-OH is 2. The smallest absolute Gasteiger partial charge is 0.266 e. The SMILES string of the molecule is CC(c1ccccc1F)[C@@H](O)[C@H](O)C(F)F. The molecule has 2 N–H and O–H groups in total. The molecule has 2 nitrogen and oxygen atoms in total. The summed E-state index contributed by atoms with van der Waals surface area (Å²) in [6.45, 7) is 1.38. The van der Waals surface area contributed by atoms with Crippen LogP contribution in [0.25, 0.3) is 0 Å². The van der Waals surface area contributed by atoms with Gasteiger partial charge in [-0.1, -0.05) is 25.1 Å². The van der Waals surface area contributed by atoms with Gasteiger partial charge in [0.05, 0.1) is 6.10 Å². The number of benzene rings is 1. The Morgan fingerprint density at radius 2 is 1.62 bits per heavy atom. The second kappa shape index (κ2) is 5.32. The molecule has 0 aliphatic carbocycles. The third-order valence-corrected chi connectivity index (χ3v) is 2.52. The van der Waals surface area contributed by atoms with Gasteiger partial charge in [-0.05, 0) is 11.6 Å². The van der Waals surface area contributed by atoms with Crippen molar-refractivity contribution >= 4 is 0 Å². The number of halogens is 3. The highest BCUT2D eigenvalue weighted by molar-refractivity contribution is 5.22. The lowest BCUT2D eigenvalue weighted by Gasteiger charge is -2.23. The first-order valence-electron chi connectivity index (χ1n) is 4.84. The van der Waals surface area contributed by atoms with Crippen molar-refractivity contribution in [3.63, 3.8) is 0 Å². The van der Waals surface area contributed by atoms with Gasteiger partial charge in [-0.25, -0.2) is 13.2 Å². The molecule has 1 aromatic rings. The van der Waals surface area contributed by atoms with Crippen LogP contribution in [0.5, 0.6) is 0 Å². The average molecular weight is 234 g/mol. The van der Waals surface area contributed by atoms with Gasteiger partial charge >= 0.3 is 0 Å². The van der Waals surface area contributed by atoms with Gasteiger partial charge in [-0.2, -0.15) is 0 Å². The van der Waals surface area contributed by atoms with E-state index in [0.29, 0.717) is 0 Å². The molecule has 3 atom stereocenters. The second-order valence-corrected chi connectivity index (χ2v) is 3.63. The molecule has 5 heteroatoms. The van der Waals surface area contributed by atoms with E-state index >= 15 is 0 Å². The van der Waals surface area contributed by atoms with Crippen molar-refractivity contribution in [3.05, 3.63) is 35.6 Å². The van der Waals surface area contributed by atoms with Crippen LogP contribution < -0.4 is 0 Å². The zero-order valence-corrected chi connectivity index (χ0v) is 8.65. The highest BCUT2D eigenvalue weighted by Gasteiger charge is 2.31. The third-order valence-electron chi connectivity index (χ3n) is 2.52. The Hall–Kier alpha value is -1.07. The van der Waals surface area contributed by atoms with E-state index in [1.165, 1.54) is 31.2 Å². The molecule has 0 saturated heterocycles. The van der Waals surface area contributed by atoms with Gasteiger partial charge in [-0.15, -0.1) is 0 Å². The van der Waals surface area contributed by atoms with Gasteiger partial charge in [0.25, 0.3) is 6.43 Å². The topological polar surface area (TPSA) is 40.5 Å². The molecule has 0 radical (unpaired) electrons. The van der Waals surface area contributed by atoms with Crippen LogP contribution >= 0.6 is 0 Å². The van der Waals surface area contributed by atoms with Crippen molar-refractivity contribution in [1.82, 2.24) is 0 Å². The zero-order valence-electron chi connectivity index (χ0n) is 8.65. The van der Waals surface area contributed by atoms with Crippen molar-refractivity contribution in [2.24, 2.45) is 0 Å². The predicted molar refractivity (Wildman–Crippen MR) is 52.8 cm³/mol. The number of rotatable bonds is 4. The number of alkyl halides is 2. The van der Waals surface area contributed by atoms with E-state index in [-0.39, 0.29) is 5.56 Å². The van der Waals surface area contributed by atoms with Crippen molar-refractivity contribution in [2.75, 3.05) is 0 Å². The summed E-state index contributed by atoms with van der Waals surface area (Å²) >= 11 is 0. The maximum absolute atomic E-state index is 13.3. The van der Waals surface area contributed by atoms with Crippen molar-refractivity contribution in [2.45, 2.75) is 31.5 Å². The summed E-state index contributed by atoms with van der Waals surface area (Å²) in [5.74, 6) is -1.49. The molecule has 0 heterocycles. The Morgan fingerprint density at radius 3 is 2.12 bits per heavy atom. The summed E-state index contributed by atoms with van der Waals surface area (Å²) < 4.78 is 37.6. The van der Waals surface area contributed by atoms with Gasteiger partial charge in [-0.3, -0.25) is 0 Å². The molecular formula is C11H13F3O2. The maximum Gasteiger partial charge on any atom is 0.266 e. The Bertz CT molecular complexity index is 344. The van der Waals surface area contributed by atoms with Gasteiger partial charge in [0.2, 0.25) is 0 Å². The molecule has 1 rings (SSSR count). The summed E-state index contributed by atoms with van der Waals surface area (Å²) in [6.07, 6.45) is -6.92. The molecule has 0 aliphatic heterocycles. The Balaban J connectivity index is 2.86. The fourth-order valence-electron chi connectivity index (χ4n) is 1.47. The van der Waals surface area contributed by atoms with E-state index in [0.717, 1.165) is 0 Å². The van der Waals surface area contributed by atoms with E-state index in [1.807, 2.05) is 0 Å². The van der Waals surface area contributed by atoms with E-state index < -0.39 is 30.4 Å². The lowest BCUT2D eigenvalue weighted by molar-refractivity contribution is -0.0827. The summed E-state index contributed by atoms with van der Waals surface area (Å²) in [5.41, 5.74) is 0.106. The van der Waals surface area contributed by atoms with Crippen molar-refractivity contribution in [1.29, 1.82) is 0 Å². The van der Waals surface area contributed by atoms with Crippen LogP contribution in [0.1, 0.15) is 18.4 Å². The quantitative estimate of drug-likeness (QED) is 0.835. The lowest BCUT2D eigenvalue weighted by atomic mass is 9.92. The maximum atomic E-state index is 13.3. The molecule has 0 spiro atoms. The number of hydrogen-bond donors (Lipinski definition) is 2. The van der Waals surface area contributed by atoms with Gasteiger partial charge in [0, 0.05) is 5.92 Å².